The van der Waals surface area contributed by atoms with E-state index < -0.39 is 22.6 Å². The van der Waals surface area contributed by atoms with Gasteiger partial charge in [-0.1, -0.05) is 11.6 Å². The highest BCUT2D eigenvalue weighted by Crippen LogP contribution is 2.30. The van der Waals surface area contributed by atoms with Crippen LogP contribution in [0.1, 0.15) is 17.3 Å². The van der Waals surface area contributed by atoms with Gasteiger partial charge in [0, 0.05) is 7.11 Å². The minimum Gasteiger partial charge on any atom is -0.475 e. The second-order valence-corrected chi connectivity index (χ2v) is 3.73. The molecule has 19 heavy (non-hydrogen) atoms. The first kappa shape index (κ1) is 15.5. The van der Waals surface area contributed by atoms with Crippen molar-refractivity contribution >= 4 is 23.3 Å². The molecule has 0 unspecified atom stereocenters. The third-order valence-corrected chi connectivity index (χ3v) is 2.36. The molecule has 0 atom stereocenters. The lowest BCUT2D eigenvalue weighted by Gasteiger charge is -2.12. The number of pyridine rings is 1. The van der Waals surface area contributed by atoms with Crippen LogP contribution in [0.3, 0.4) is 0 Å². The molecule has 1 aromatic rings. The van der Waals surface area contributed by atoms with Gasteiger partial charge in [-0.3, -0.25) is 0 Å². The fourth-order valence-corrected chi connectivity index (χ4v) is 1.44. The Kier molecular flexibility index (Phi) is 5.78. The van der Waals surface area contributed by atoms with E-state index in [4.69, 9.17) is 31.5 Å². The molecule has 8 heteroatoms. The van der Waals surface area contributed by atoms with E-state index in [1.807, 2.05) is 0 Å². The Balaban J connectivity index is 3.15. The number of hydrogen-bond donors (Lipinski definition) is 1. The number of halogens is 2. The van der Waals surface area contributed by atoms with Crippen LogP contribution in [0.4, 0.5) is 10.1 Å². The number of nitrogens with zero attached hydrogens (tertiary/aromatic N) is 1. The van der Waals surface area contributed by atoms with E-state index in [-0.39, 0.29) is 31.3 Å². The summed E-state index contributed by atoms with van der Waals surface area (Å²) in [6.07, 6.45) is 0. The highest BCUT2D eigenvalue weighted by atomic mass is 35.5. The molecule has 0 saturated heterocycles. The average Bonchev–Trinajstić information content (AvgIpc) is 2.36. The molecule has 0 amide bonds. The minimum absolute atomic E-state index is 0.108. The van der Waals surface area contributed by atoms with Crippen LogP contribution in [-0.4, -0.2) is 37.9 Å². The van der Waals surface area contributed by atoms with Crippen LogP contribution in [0.15, 0.2) is 0 Å². The molecule has 0 aliphatic heterocycles. The Morgan fingerprint density at radius 3 is 2.74 bits per heavy atom. The monoisotopic (exact) mass is 292 g/mol. The lowest BCUT2D eigenvalue weighted by atomic mass is 10.2. The smallest absolute Gasteiger partial charge is 0.345 e. The van der Waals surface area contributed by atoms with Gasteiger partial charge < -0.3 is 19.9 Å². The van der Waals surface area contributed by atoms with E-state index in [0.29, 0.717) is 0 Å². The fourth-order valence-electron chi connectivity index (χ4n) is 1.26. The zero-order valence-corrected chi connectivity index (χ0v) is 11.3. The molecule has 0 fully saturated rings. The summed E-state index contributed by atoms with van der Waals surface area (Å²) >= 11 is 5.56. The number of methoxy groups -OCH3 is 1. The number of aromatic nitrogens is 1. The van der Waals surface area contributed by atoms with Gasteiger partial charge >= 0.3 is 5.97 Å². The normalized spacial score (nSPS) is 10.3. The molecule has 0 bridgehead atoms. The lowest BCUT2D eigenvalue weighted by Crippen LogP contribution is -2.15. The van der Waals surface area contributed by atoms with E-state index in [9.17, 15) is 9.18 Å². The quantitative estimate of drug-likeness (QED) is 0.488. The first-order valence-electron chi connectivity index (χ1n) is 5.46. The Morgan fingerprint density at radius 1 is 1.47 bits per heavy atom. The molecule has 0 aromatic carbocycles. The highest BCUT2D eigenvalue weighted by molar-refractivity contribution is 6.30. The summed E-state index contributed by atoms with van der Waals surface area (Å²) in [5.74, 6) is -1.99. The molecule has 0 spiro atoms. The first-order valence-corrected chi connectivity index (χ1v) is 5.84. The van der Waals surface area contributed by atoms with Gasteiger partial charge in [0.2, 0.25) is 5.88 Å². The summed E-state index contributed by atoms with van der Waals surface area (Å²) in [5, 5.41) is -0.474. The molecule has 0 aliphatic rings. The summed E-state index contributed by atoms with van der Waals surface area (Å²) in [6.45, 7) is 2.09. The molecule has 0 aliphatic carbocycles. The topological polar surface area (TPSA) is 83.7 Å². The van der Waals surface area contributed by atoms with Crippen molar-refractivity contribution in [1.82, 2.24) is 4.98 Å². The number of carbonyl (C=O) groups excluding carboxylic acids is 1. The molecule has 1 aromatic heterocycles. The largest absolute Gasteiger partial charge is 0.475 e. The molecular formula is C11H14ClFN2O4. The summed E-state index contributed by atoms with van der Waals surface area (Å²) in [4.78, 5) is 15.4. The van der Waals surface area contributed by atoms with E-state index in [1.54, 1.807) is 6.92 Å². The van der Waals surface area contributed by atoms with Gasteiger partial charge in [0.25, 0.3) is 0 Å². The van der Waals surface area contributed by atoms with Gasteiger partial charge in [0.15, 0.2) is 11.0 Å². The van der Waals surface area contributed by atoms with Crippen LogP contribution < -0.4 is 10.5 Å². The number of anilines is 1. The molecule has 2 N–H and O–H groups in total. The maximum absolute atomic E-state index is 13.6. The van der Waals surface area contributed by atoms with Gasteiger partial charge in [-0.25, -0.2) is 9.18 Å². The van der Waals surface area contributed by atoms with Crippen molar-refractivity contribution in [2.24, 2.45) is 0 Å². The maximum Gasteiger partial charge on any atom is 0.345 e. The highest BCUT2D eigenvalue weighted by Gasteiger charge is 2.24. The molecule has 0 saturated carbocycles. The van der Waals surface area contributed by atoms with Crippen molar-refractivity contribution in [2.45, 2.75) is 6.92 Å². The van der Waals surface area contributed by atoms with Crippen LogP contribution in [0.5, 0.6) is 5.88 Å². The van der Waals surface area contributed by atoms with Crippen LogP contribution in [0.25, 0.3) is 0 Å². The summed E-state index contributed by atoms with van der Waals surface area (Å²) in [7, 11) is 1.48. The maximum atomic E-state index is 13.6. The number of hydrogen-bond acceptors (Lipinski definition) is 6. The number of esters is 1. The van der Waals surface area contributed by atoms with E-state index in [2.05, 4.69) is 4.98 Å². The Labute approximate surface area is 114 Å². The van der Waals surface area contributed by atoms with Crippen LogP contribution in [-0.2, 0) is 9.47 Å². The predicted molar refractivity (Wildman–Crippen MR) is 66.9 cm³/mol. The minimum atomic E-state index is -0.983. The fraction of sp³-hybridized carbons (Fsp3) is 0.455. The van der Waals surface area contributed by atoms with Crippen molar-refractivity contribution in [3.8, 4) is 5.88 Å². The van der Waals surface area contributed by atoms with Crippen LogP contribution in [0.2, 0.25) is 5.15 Å². The first-order chi connectivity index (χ1) is 9.02. The summed E-state index contributed by atoms with van der Waals surface area (Å²) in [6, 6.07) is 0. The van der Waals surface area contributed by atoms with Crippen LogP contribution in [0, 0.1) is 5.82 Å². The van der Waals surface area contributed by atoms with Crippen molar-refractivity contribution in [1.29, 1.82) is 0 Å². The lowest BCUT2D eigenvalue weighted by molar-refractivity contribution is 0.0519. The van der Waals surface area contributed by atoms with Gasteiger partial charge in [0.1, 0.15) is 12.2 Å². The van der Waals surface area contributed by atoms with E-state index in [0.717, 1.165) is 0 Å². The molecule has 1 rings (SSSR count). The third kappa shape index (κ3) is 3.68. The van der Waals surface area contributed by atoms with Crippen molar-refractivity contribution in [2.75, 3.05) is 32.7 Å². The van der Waals surface area contributed by atoms with Gasteiger partial charge in [-0.15, -0.1) is 0 Å². The third-order valence-electron chi connectivity index (χ3n) is 2.11. The molecule has 1 heterocycles. The number of rotatable bonds is 6. The Hall–Kier alpha value is -1.60. The predicted octanol–water partition coefficient (Wildman–Crippen LogP) is 1.66. The zero-order chi connectivity index (χ0) is 14.4. The number of ether oxygens (including phenoxy) is 3. The van der Waals surface area contributed by atoms with Crippen LogP contribution >= 0.6 is 11.6 Å². The van der Waals surface area contributed by atoms with Gasteiger partial charge in [0.05, 0.1) is 18.9 Å². The van der Waals surface area contributed by atoms with Crippen molar-refractivity contribution < 1.29 is 23.4 Å². The standard InChI is InChI=1S/C11H14ClFN2O4/c1-3-18-11(16)6-8(14)7(13)9(12)15-10(6)19-5-4-17-2/h3-5H2,1-2H3,(H2,14,15). The molecule has 106 valence electrons. The van der Waals surface area contributed by atoms with Crippen molar-refractivity contribution in [3.05, 3.63) is 16.5 Å². The number of nitrogen functional groups attached to an aromatic ring is 1. The molecule has 0 radical (unpaired) electrons. The second-order valence-electron chi connectivity index (χ2n) is 3.37. The second kappa shape index (κ2) is 7.10. The summed E-state index contributed by atoms with van der Waals surface area (Å²) < 4.78 is 28.3. The SMILES string of the molecule is CCOC(=O)c1c(OCCOC)nc(Cl)c(F)c1N. The Bertz CT molecular complexity index is 470. The number of carbonyl (C=O) groups is 1. The number of nitrogens with two attached hydrogens (primary N) is 1. The molecule has 6 nitrogen and oxygen atoms in total. The van der Waals surface area contributed by atoms with Gasteiger partial charge in [-0.2, -0.15) is 4.98 Å². The van der Waals surface area contributed by atoms with E-state index in [1.165, 1.54) is 7.11 Å². The average molecular weight is 293 g/mol. The zero-order valence-electron chi connectivity index (χ0n) is 10.5. The van der Waals surface area contributed by atoms with E-state index >= 15 is 0 Å². The summed E-state index contributed by atoms with van der Waals surface area (Å²) in [5.41, 5.74) is 4.78. The Morgan fingerprint density at radius 2 is 2.16 bits per heavy atom. The molecular weight excluding hydrogens is 279 g/mol. The van der Waals surface area contributed by atoms with Crippen molar-refractivity contribution in [3.63, 3.8) is 0 Å². The van der Waals surface area contributed by atoms with Gasteiger partial charge in [-0.05, 0) is 6.92 Å².